The summed E-state index contributed by atoms with van der Waals surface area (Å²) in [6.07, 6.45) is 0. The van der Waals surface area contributed by atoms with E-state index in [1.807, 2.05) is 24.3 Å². The second-order valence-corrected chi connectivity index (χ2v) is 5.64. The van der Waals surface area contributed by atoms with Crippen molar-refractivity contribution in [2.24, 2.45) is 23.0 Å². The Balaban J connectivity index is 2.65. The number of fused-ring (bicyclic) bond motifs is 1. The summed E-state index contributed by atoms with van der Waals surface area (Å²) < 4.78 is 0. The molecule has 2 rings (SSSR count). The number of carbonyl (C=O) groups excluding carboxylic acids is 1. The minimum Gasteiger partial charge on any atom is -0.323 e. The first-order chi connectivity index (χ1) is 7.94. The highest BCUT2D eigenvalue weighted by molar-refractivity contribution is 6.06. The number of hydrogen-bond donors (Lipinski definition) is 1. The number of ketones is 1. The number of Topliss-reactive ketones (excluding diaryl/α,β-unsaturated/α-hetero) is 1. The van der Waals surface area contributed by atoms with Crippen molar-refractivity contribution in [1.29, 1.82) is 0 Å². The van der Waals surface area contributed by atoms with Gasteiger partial charge in [0.2, 0.25) is 0 Å². The molecule has 1 aliphatic rings. The summed E-state index contributed by atoms with van der Waals surface area (Å²) in [4.78, 5) is 12.7. The van der Waals surface area contributed by atoms with E-state index in [0.29, 0.717) is 0 Å². The lowest BCUT2D eigenvalue weighted by Gasteiger charge is -2.40. The molecule has 1 atom stereocenters. The predicted octanol–water partition coefficient (Wildman–Crippen LogP) is 3.18. The fourth-order valence-electron chi connectivity index (χ4n) is 3.52. The zero-order valence-electron chi connectivity index (χ0n) is 11.0. The van der Waals surface area contributed by atoms with Crippen LogP contribution in [0.3, 0.4) is 0 Å². The van der Waals surface area contributed by atoms with Gasteiger partial charge in [0, 0.05) is 11.6 Å². The number of benzene rings is 1. The first-order valence-electron chi connectivity index (χ1n) is 6.33. The molecule has 0 saturated carbocycles. The standard InChI is InChI=1S/C15H21NO/c1-9(2)15(10(3)4)13(16)11-7-5-6-8-12(11)14(15)17/h5-10,13H,16H2,1-4H3/t13-/m1/s1. The van der Waals surface area contributed by atoms with Crippen molar-refractivity contribution < 1.29 is 4.79 Å². The smallest absolute Gasteiger partial charge is 0.171 e. The fraction of sp³-hybridized carbons (Fsp3) is 0.533. The lowest BCUT2D eigenvalue weighted by Crippen LogP contribution is -2.45. The monoisotopic (exact) mass is 231 g/mol. The topological polar surface area (TPSA) is 43.1 Å². The summed E-state index contributed by atoms with van der Waals surface area (Å²) in [5, 5.41) is 0. The van der Waals surface area contributed by atoms with Crippen LogP contribution in [-0.2, 0) is 0 Å². The molecule has 0 unspecified atom stereocenters. The van der Waals surface area contributed by atoms with Crippen molar-refractivity contribution in [3.63, 3.8) is 0 Å². The summed E-state index contributed by atoms with van der Waals surface area (Å²) in [6, 6.07) is 7.60. The highest BCUT2D eigenvalue weighted by Crippen LogP contribution is 2.53. The van der Waals surface area contributed by atoms with Crippen molar-refractivity contribution in [1.82, 2.24) is 0 Å². The molecule has 0 saturated heterocycles. The zero-order chi connectivity index (χ0) is 12.8. The molecular formula is C15H21NO. The molecule has 2 N–H and O–H groups in total. The van der Waals surface area contributed by atoms with Crippen molar-refractivity contribution in [2.75, 3.05) is 0 Å². The van der Waals surface area contributed by atoms with E-state index in [4.69, 9.17) is 5.73 Å². The molecule has 0 fully saturated rings. The van der Waals surface area contributed by atoms with Crippen LogP contribution in [0.2, 0.25) is 0 Å². The van der Waals surface area contributed by atoms with Gasteiger partial charge in [-0.1, -0.05) is 52.0 Å². The van der Waals surface area contributed by atoms with E-state index in [9.17, 15) is 4.79 Å². The van der Waals surface area contributed by atoms with Crippen molar-refractivity contribution in [3.8, 4) is 0 Å². The minimum absolute atomic E-state index is 0.175. The molecule has 2 nitrogen and oxygen atoms in total. The van der Waals surface area contributed by atoms with Crippen LogP contribution in [0.5, 0.6) is 0 Å². The van der Waals surface area contributed by atoms with Gasteiger partial charge in [-0.3, -0.25) is 4.79 Å². The van der Waals surface area contributed by atoms with E-state index in [1.54, 1.807) is 0 Å². The molecule has 0 bridgehead atoms. The molecule has 0 radical (unpaired) electrons. The zero-order valence-corrected chi connectivity index (χ0v) is 11.0. The van der Waals surface area contributed by atoms with Gasteiger partial charge in [0.25, 0.3) is 0 Å². The Morgan fingerprint density at radius 1 is 1.12 bits per heavy atom. The third-order valence-electron chi connectivity index (χ3n) is 4.36. The van der Waals surface area contributed by atoms with E-state index >= 15 is 0 Å². The quantitative estimate of drug-likeness (QED) is 0.849. The molecule has 0 aromatic heterocycles. The van der Waals surface area contributed by atoms with Crippen LogP contribution in [0.1, 0.15) is 49.7 Å². The lowest BCUT2D eigenvalue weighted by molar-refractivity contribution is 0.0515. The predicted molar refractivity (Wildman–Crippen MR) is 69.8 cm³/mol. The van der Waals surface area contributed by atoms with Gasteiger partial charge in [-0.15, -0.1) is 0 Å². The Morgan fingerprint density at radius 2 is 1.65 bits per heavy atom. The maximum atomic E-state index is 12.7. The molecule has 2 heteroatoms. The maximum Gasteiger partial charge on any atom is 0.171 e. The summed E-state index contributed by atoms with van der Waals surface area (Å²) in [5.41, 5.74) is 7.79. The van der Waals surface area contributed by atoms with Gasteiger partial charge in [-0.2, -0.15) is 0 Å². The largest absolute Gasteiger partial charge is 0.323 e. The van der Waals surface area contributed by atoms with Crippen molar-refractivity contribution >= 4 is 5.78 Å². The van der Waals surface area contributed by atoms with E-state index in [0.717, 1.165) is 11.1 Å². The normalized spacial score (nSPS) is 22.3. The summed E-state index contributed by atoms with van der Waals surface area (Å²) in [6.45, 7) is 8.40. The molecule has 1 aromatic carbocycles. The van der Waals surface area contributed by atoms with Gasteiger partial charge in [-0.25, -0.2) is 0 Å². The number of rotatable bonds is 2. The summed E-state index contributed by atoms with van der Waals surface area (Å²) in [5.74, 6) is 0.723. The number of nitrogens with two attached hydrogens (primary N) is 1. The second-order valence-electron chi connectivity index (χ2n) is 5.64. The minimum atomic E-state index is -0.441. The third-order valence-corrected chi connectivity index (χ3v) is 4.36. The first kappa shape index (κ1) is 12.3. The first-order valence-corrected chi connectivity index (χ1v) is 6.33. The van der Waals surface area contributed by atoms with Gasteiger partial charge in [0.05, 0.1) is 5.41 Å². The van der Waals surface area contributed by atoms with Crippen molar-refractivity contribution in [2.45, 2.75) is 33.7 Å². The molecule has 92 valence electrons. The second kappa shape index (κ2) is 3.95. The van der Waals surface area contributed by atoms with Crippen LogP contribution in [0.4, 0.5) is 0 Å². The molecular weight excluding hydrogens is 210 g/mol. The molecule has 0 heterocycles. The summed E-state index contributed by atoms with van der Waals surface area (Å²) in [7, 11) is 0. The molecule has 1 aliphatic carbocycles. The highest BCUT2D eigenvalue weighted by atomic mass is 16.1. The Bertz CT molecular complexity index is 440. The molecule has 0 aliphatic heterocycles. The number of hydrogen-bond acceptors (Lipinski definition) is 2. The summed E-state index contributed by atoms with van der Waals surface area (Å²) >= 11 is 0. The maximum absolute atomic E-state index is 12.7. The Kier molecular flexibility index (Phi) is 2.86. The van der Waals surface area contributed by atoms with Crippen molar-refractivity contribution in [3.05, 3.63) is 35.4 Å². The SMILES string of the molecule is CC(C)C1(C(C)C)C(=O)c2ccccc2[C@H]1N. The van der Waals surface area contributed by atoms with Crippen LogP contribution in [0, 0.1) is 17.3 Å². The van der Waals surface area contributed by atoms with Crippen LogP contribution in [0.25, 0.3) is 0 Å². The Hall–Kier alpha value is -1.15. The lowest BCUT2D eigenvalue weighted by atomic mass is 9.64. The Morgan fingerprint density at radius 3 is 2.12 bits per heavy atom. The number of carbonyl (C=O) groups is 1. The molecule has 17 heavy (non-hydrogen) atoms. The van der Waals surface area contributed by atoms with Gasteiger partial charge >= 0.3 is 0 Å². The van der Waals surface area contributed by atoms with Gasteiger partial charge in [0.15, 0.2) is 5.78 Å². The van der Waals surface area contributed by atoms with E-state index in [-0.39, 0.29) is 23.7 Å². The average molecular weight is 231 g/mol. The Labute approximate surface area is 103 Å². The van der Waals surface area contributed by atoms with Crippen LogP contribution >= 0.6 is 0 Å². The van der Waals surface area contributed by atoms with Crippen LogP contribution in [-0.4, -0.2) is 5.78 Å². The van der Waals surface area contributed by atoms with Crippen LogP contribution in [0.15, 0.2) is 24.3 Å². The molecule has 0 amide bonds. The van der Waals surface area contributed by atoms with E-state index in [1.165, 1.54) is 0 Å². The van der Waals surface area contributed by atoms with E-state index < -0.39 is 5.41 Å². The third kappa shape index (κ3) is 1.40. The molecule has 0 spiro atoms. The van der Waals surface area contributed by atoms with Gasteiger partial charge in [0.1, 0.15) is 0 Å². The fourth-order valence-corrected chi connectivity index (χ4v) is 3.52. The van der Waals surface area contributed by atoms with Gasteiger partial charge in [-0.05, 0) is 17.4 Å². The van der Waals surface area contributed by atoms with Gasteiger partial charge < -0.3 is 5.73 Å². The highest BCUT2D eigenvalue weighted by Gasteiger charge is 2.55. The van der Waals surface area contributed by atoms with Crippen LogP contribution < -0.4 is 5.73 Å². The van der Waals surface area contributed by atoms with E-state index in [2.05, 4.69) is 27.7 Å². The average Bonchev–Trinajstić information content (AvgIpc) is 2.50. The molecule has 1 aromatic rings.